The summed E-state index contributed by atoms with van der Waals surface area (Å²) < 4.78 is 7.31. The second-order valence-electron chi connectivity index (χ2n) is 5.89. The average Bonchev–Trinajstić information content (AvgIpc) is 3.07. The maximum absolute atomic E-state index is 7.73. The minimum atomic E-state index is 0.0931. The number of rotatable bonds is 7. The van der Waals surface area contributed by atoms with Gasteiger partial charge in [-0.3, -0.25) is 5.41 Å². The molecule has 2 aromatic carbocycles. The highest BCUT2D eigenvalue weighted by molar-refractivity contribution is 5.96. The Morgan fingerprint density at radius 1 is 1.12 bits per heavy atom. The molecule has 0 atom stereocenters. The van der Waals surface area contributed by atoms with Crippen LogP contribution < -0.4 is 10.5 Å². The van der Waals surface area contributed by atoms with E-state index in [1.807, 2.05) is 48.8 Å². The lowest BCUT2D eigenvalue weighted by molar-refractivity contribution is 0.414. The summed E-state index contributed by atoms with van der Waals surface area (Å²) in [7, 11) is 1.67. The molecule has 0 aliphatic heterocycles. The molecule has 0 fully saturated rings. The summed E-state index contributed by atoms with van der Waals surface area (Å²) in [5.41, 5.74) is 8.74. The fourth-order valence-electron chi connectivity index (χ4n) is 2.86. The fraction of sp³-hybridized carbons (Fsp3) is 0.200. The van der Waals surface area contributed by atoms with Gasteiger partial charge in [0.05, 0.1) is 7.11 Å². The largest absolute Gasteiger partial charge is 0.497 e. The van der Waals surface area contributed by atoms with Gasteiger partial charge in [-0.1, -0.05) is 36.4 Å². The van der Waals surface area contributed by atoms with E-state index in [1.54, 1.807) is 7.11 Å². The van der Waals surface area contributed by atoms with Crippen LogP contribution in [0.3, 0.4) is 0 Å². The van der Waals surface area contributed by atoms with Crippen molar-refractivity contribution in [2.24, 2.45) is 5.73 Å². The van der Waals surface area contributed by atoms with E-state index in [0.717, 1.165) is 35.5 Å². The first kappa shape index (κ1) is 16.8. The molecule has 3 rings (SSSR count). The molecule has 5 heteroatoms. The molecule has 3 N–H and O–H groups in total. The molecule has 3 aromatic rings. The van der Waals surface area contributed by atoms with Gasteiger partial charge in [0.15, 0.2) is 0 Å². The molecular weight excluding hydrogens is 312 g/mol. The van der Waals surface area contributed by atoms with Crippen LogP contribution in [0.4, 0.5) is 0 Å². The lowest BCUT2D eigenvalue weighted by Crippen LogP contribution is -2.16. The molecule has 0 saturated heterocycles. The van der Waals surface area contributed by atoms with Crippen molar-refractivity contribution in [3.63, 3.8) is 0 Å². The summed E-state index contributed by atoms with van der Waals surface area (Å²) in [6.07, 6.45) is 5.55. The van der Waals surface area contributed by atoms with Gasteiger partial charge in [-0.25, -0.2) is 4.98 Å². The third kappa shape index (κ3) is 4.07. The minimum Gasteiger partial charge on any atom is -0.497 e. The van der Waals surface area contributed by atoms with Gasteiger partial charge in [0, 0.05) is 30.9 Å². The molecule has 0 amide bonds. The molecule has 1 aromatic heterocycles. The molecule has 25 heavy (non-hydrogen) atoms. The number of methoxy groups -OCH3 is 1. The number of aromatic nitrogens is 2. The van der Waals surface area contributed by atoms with Crippen LogP contribution in [0.15, 0.2) is 60.9 Å². The van der Waals surface area contributed by atoms with E-state index in [0.29, 0.717) is 6.54 Å². The number of imidazole rings is 1. The summed E-state index contributed by atoms with van der Waals surface area (Å²) in [5.74, 6) is 1.98. The van der Waals surface area contributed by atoms with Crippen molar-refractivity contribution in [2.75, 3.05) is 7.11 Å². The van der Waals surface area contributed by atoms with E-state index >= 15 is 0 Å². The van der Waals surface area contributed by atoms with Gasteiger partial charge in [0.25, 0.3) is 0 Å². The molecule has 0 radical (unpaired) electrons. The van der Waals surface area contributed by atoms with E-state index in [9.17, 15) is 0 Å². The first-order valence-corrected chi connectivity index (χ1v) is 8.22. The summed E-state index contributed by atoms with van der Waals surface area (Å²) in [6.45, 7) is 0.660. The maximum atomic E-state index is 7.73. The number of nitrogens with one attached hydrogen (secondary N) is 1. The van der Waals surface area contributed by atoms with Crippen molar-refractivity contribution in [1.82, 2.24) is 9.55 Å². The predicted molar refractivity (Wildman–Crippen MR) is 99.2 cm³/mol. The molecule has 0 unspecified atom stereocenters. The van der Waals surface area contributed by atoms with Crippen LogP contribution in [-0.4, -0.2) is 22.5 Å². The van der Waals surface area contributed by atoms with E-state index in [4.69, 9.17) is 15.9 Å². The number of aryl methyl sites for hydroxylation is 2. The summed E-state index contributed by atoms with van der Waals surface area (Å²) in [5, 5.41) is 7.73. The Kier molecular flexibility index (Phi) is 5.14. The number of hydrogen-bond donors (Lipinski definition) is 2. The number of nitrogens with two attached hydrogens (primary N) is 1. The van der Waals surface area contributed by atoms with E-state index in [2.05, 4.69) is 21.7 Å². The summed E-state index contributed by atoms with van der Waals surface area (Å²) in [4.78, 5) is 4.49. The number of nitrogens with zero attached hydrogens (tertiary/aromatic N) is 2. The quantitative estimate of drug-likeness (QED) is 0.515. The van der Waals surface area contributed by atoms with Crippen LogP contribution in [0.25, 0.3) is 0 Å². The number of nitrogen functional groups attached to an aromatic ring is 1. The van der Waals surface area contributed by atoms with Gasteiger partial charge in [-0.15, -0.1) is 0 Å². The summed E-state index contributed by atoms with van der Waals surface area (Å²) >= 11 is 0. The normalized spacial score (nSPS) is 10.6. The fourth-order valence-corrected chi connectivity index (χ4v) is 2.86. The van der Waals surface area contributed by atoms with Crippen LogP contribution in [0.5, 0.6) is 5.75 Å². The maximum Gasteiger partial charge on any atom is 0.123 e. The van der Waals surface area contributed by atoms with Crippen molar-refractivity contribution in [1.29, 1.82) is 5.41 Å². The van der Waals surface area contributed by atoms with Crippen LogP contribution in [0.2, 0.25) is 0 Å². The van der Waals surface area contributed by atoms with Gasteiger partial charge < -0.3 is 15.0 Å². The first-order valence-electron chi connectivity index (χ1n) is 8.22. The van der Waals surface area contributed by atoms with Crippen LogP contribution in [0.1, 0.15) is 22.5 Å². The van der Waals surface area contributed by atoms with Crippen molar-refractivity contribution in [3.8, 4) is 5.75 Å². The van der Waals surface area contributed by atoms with Gasteiger partial charge in [0.1, 0.15) is 17.4 Å². The van der Waals surface area contributed by atoms with E-state index < -0.39 is 0 Å². The lowest BCUT2D eigenvalue weighted by Gasteiger charge is -2.11. The zero-order valence-electron chi connectivity index (χ0n) is 14.3. The van der Waals surface area contributed by atoms with Crippen molar-refractivity contribution >= 4 is 5.84 Å². The summed E-state index contributed by atoms with van der Waals surface area (Å²) in [6, 6.07) is 15.9. The molecule has 0 bridgehead atoms. The first-order chi connectivity index (χ1) is 12.2. The van der Waals surface area contributed by atoms with Crippen LogP contribution in [-0.2, 0) is 19.4 Å². The Morgan fingerprint density at radius 3 is 2.60 bits per heavy atom. The van der Waals surface area contributed by atoms with Crippen molar-refractivity contribution in [2.45, 2.75) is 19.4 Å². The Morgan fingerprint density at radius 2 is 1.88 bits per heavy atom. The van der Waals surface area contributed by atoms with Gasteiger partial charge in [-0.05, 0) is 29.7 Å². The SMILES string of the molecule is COc1ccc(CCc2nccn2Cc2ccccc2C(=N)N)cc1. The standard InChI is InChI=1S/C20H22N4O/c1-25-17-9-6-15(7-10-17)8-11-19-23-12-13-24(19)14-16-4-2-3-5-18(16)20(21)22/h2-7,9-10,12-13H,8,11,14H2,1H3,(H3,21,22). The Balaban J connectivity index is 1.71. The van der Waals surface area contributed by atoms with E-state index in [1.165, 1.54) is 5.56 Å². The highest BCUT2D eigenvalue weighted by Gasteiger charge is 2.09. The van der Waals surface area contributed by atoms with Gasteiger partial charge in [0.2, 0.25) is 0 Å². The molecule has 5 nitrogen and oxygen atoms in total. The topological polar surface area (TPSA) is 76.9 Å². The zero-order valence-corrected chi connectivity index (χ0v) is 14.3. The smallest absolute Gasteiger partial charge is 0.123 e. The van der Waals surface area contributed by atoms with E-state index in [-0.39, 0.29) is 5.84 Å². The number of benzene rings is 2. The predicted octanol–water partition coefficient (Wildman–Crippen LogP) is 3.01. The molecule has 128 valence electrons. The molecule has 0 aliphatic carbocycles. The molecule has 0 spiro atoms. The van der Waals surface area contributed by atoms with Gasteiger partial charge in [-0.2, -0.15) is 0 Å². The number of ether oxygens (including phenoxy) is 1. The minimum absolute atomic E-state index is 0.0931. The van der Waals surface area contributed by atoms with Crippen molar-refractivity contribution in [3.05, 3.63) is 83.4 Å². The third-order valence-electron chi connectivity index (χ3n) is 4.25. The molecular formula is C20H22N4O. The second kappa shape index (κ2) is 7.66. The Bertz CT molecular complexity index is 852. The molecule has 1 heterocycles. The Labute approximate surface area is 147 Å². The van der Waals surface area contributed by atoms with Crippen LogP contribution in [0, 0.1) is 5.41 Å². The monoisotopic (exact) mass is 334 g/mol. The number of hydrogen-bond acceptors (Lipinski definition) is 3. The average molecular weight is 334 g/mol. The second-order valence-corrected chi connectivity index (χ2v) is 5.89. The molecule has 0 aliphatic rings. The zero-order chi connectivity index (χ0) is 17.6. The molecule has 0 saturated carbocycles. The third-order valence-corrected chi connectivity index (χ3v) is 4.25. The van der Waals surface area contributed by atoms with Gasteiger partial charge >= 0.3 is 0 Å². The lowest BCUT2D eigenvalue weighted by atomic mass is 10.1. The highest BCUT2D eigenvalue weighted by atomic mass is 16.5. The highest BCUT2D eigenvalue weighted by Crippen LogP contribution is 2.15. The van der Waals surface area contributed by atoms with Crippen LogP contribution >= 0.6 is 0 Å². The van der Waals surface area contributed by atoms with Crippen molar-refractivity contribution < 1.29 is 4.74 Å². The Hall–Kier alpha value is -3.08. The number of amidine groups is 1.